The van der Waals surface area contributed by atoms with Gasteiger partial charge in [-0.15, -0.1) is 11.3 Å². The van der Waals surface area contributed by atoms with E-state index in [1.54, 1.807) is 11.3 Å². The van der Waals surface area contributed by atoms with E-state index in [1.807, 2.05) is 7.05 Å². The van der Waals surface area contributed by atoms with Crippen LogP contribution in [0.5, 0.6) is 0 Å². The summed E-state index contributed by atoms with van der Waals surface area (Å²) in [4.78, 5) is 15.1. The molecule has 5 heteroatoms. The largest absolute Gasteiger partial charge is 0.379 e. The maximum atomic E-state index is 11.5. The number of likely N-dealkylation sites (N-methyl/N-ethyl adjacent to an activating group) is 1. The molecule has 1 amide bonds. The van der Waals surface area contributed by atoms with Gasteiger partial charge in [-0.1, -0.05) is 0 Å². The van der Waals surface area contributed by atoms with Crippen molar-refractivity contribution in [3.63, 3.8) is 0 Å². The average molecular weight is 253 g/mol. The Bertz CT molecular complexity index is 439. The Morgan fingerprint density at radius 3 is 2.76 bits per heavy atom. The number of nitrogens with zero attached hydrogens (tertiary/aromatic N) is 1. The van der Waals surface area contributed by atoms with E-state index < -0.39 is 0 Å². The zero-order chi connectivity index (χ0) is 12.6. The third-order valence-electron chi connectivity index (χ3n) is 3.44. The lowest BCUT2D eigenvalue weighted by molar-refractivity contribution is 0.1000. The van der Waals surface area contributed by atoms with Crippen LogP contribution in [0.4, 0.5) is 5.00 Å². The predicted octanol–water partition coefficient (Wildman–Crippen LogP) is 1.31. The number of carbonyl (C=O) groups excluding carboxylic acids is 1. The standard InChI is InChI=1S/C12H19N3OS/c1-14-12-10(11(13)16)8-5-4-7(15(2)3)6-9(8)17-12/h7,14H,4-6H2,1-3H3,(H2,13,16). The monoisotopic (exact) mass is 253 g/mol. The van der Waals surface area contributed by atoms with Crippen LogP contribution in [0.1, 0.15) is 27.2 Å². The predicted molar refractivity (Wildman–Crippen MR) is 71.9 cm³/mol. The summed E-state index contributed by atoms with van der Waals surface area (Å²) in [5, 5.41) is 4.00. The molecular weight excluding hydrogens is 234 g/mol. The molecule has 17 heavy (non-hydrogen) atoms. The van der Waals surface area contributed by atoms with Crippen molar-refractivity contribution in [2.75, 3.05) is 26.5 Å². The third-order valence-corrected chi connectivity index (χ3v) is 4.71. The Kier molecular flexibility index (Phi) is 3.40. The Morgan fingerprint density at radius 2 is 2.24 bits per heavy atom. The van der Waals surface area contributed by atoms with Crippen LogP contribution >= 0.6 is 11.3 Å². The summed E-state index contributed by atoms with van der Waals surface area (Å²) in [6, 6.07) is 0.576. The number of hydrogen-bond donors (Lipinski definition) is 2. The quantitative estimate of drug-likeness (QED) is 0.854. The number of thiophene rings is 1. The van der Waals surface area contributed by atoms with Crippen molar-refractivity contribution in [1.29, 1.82) is 0 Å². The summed E-state index contributed by atoms with van der Waals surface area (Å²) < 4.78 is 0. The fourth-order valence-corrected chi connectivity index (χ4v) is 3.72. The maximum absolute atomic E-state index is 11.5. The van der Waals surface area contributed by atoms with Gasteiger partial charge in [0.15, 0.2) is 0 Å². The van der Waals surface area contributed by atoms with Crippen molar-refractivity contribution in [3.05, 3.63) is 16.0 Å². The minimum atomic E-state index is -0.310. The van der Waals surface area contributed by atoms with Crippen molar-refractivity contribution in [1.82, 2.24) is 4.90 Å². The van der Waals surface area contributed by atoms with E-state index in [9.17, 15) is 4.79 Å². The Morgan fingerprint density at radius 1 is 1.53 bits per heavy atom. The second-order valence-corrected chi connectivity index (χ2v) is 5.79. The molecule has 0 saturated carbocycles. The number of nitrogens with one attached hydrogen (secondary N) is 1. The normalized spacial score (nSPS) is 19.2. The first-order valence-corrected chi connectivity index (χ1v) is 6.64. The summed E-state index contributed by atoms with van der Waals surface area (Å²) in [5.41, 5.74) is 7.35. The van der Waals surface area contributed by atoms with E-state index in [0.29, 0.717) is 11.6 Å². The van der Waals surface area contributed by atoms with Gasteiger partial charge in [0.2, 0.25) is 0 Å². The Labute approximate surface area is 106 Å². The number of amides is 1. The van der Waals surface area contributed by atoms with Crippen LogP contribution in [0.25, 0.3) is 0 Å². The topological polar surface area (TPSA) is 58.4 Å². The molecule has 0 fully saturated rings. The molecule has 1 atom stereocenters. The molecule has 1 aliphatic rings. The molecule has 1 aliphatic carbocycles. The van der Waals surface area contributed by atoms with Gasteiger partial charge in [-0.25, -0.2) is 0 Å². The number of fused-ring (bicyclic) bond motifs is 1. The van der Waals surface area contributed by atoms with Gasteiger partial charge in [-0.2, -0.15) is 0 Å². The van der Waals surface area contributed by atoms with Gasteiger partial charge in [0.25, 0.3) is 5.91 Å². The minimum absolute atomic E-state index is 0.310. The molecule has 1 heterocycles. The van der Waals surface area contributed by atoms with Crippen LogP contribution < -0.4 is 11.1 Å². The fraction of sp³-hybridized carbons (Fsp3) is 0.583. The van der Waals surface area contributed by atoms with E-state index in [4.69, 9.17) is 5.73 Å². The molecule has 2 rings (SSSR count). The summed E-state index contributed by atoms with van der Waals surface area (Å²) in [7, 11) is 6.06. The molecule has 0 spiro atoms. The van der Waals surface area contributed by atoms with E-state index >= 15 is 0 Å². The number of nitrogens with two attached hydrogens (primary N) is 1. The summed E-state index contributed by atoms with van der Waals surface area (Å²) in [6.45, 7) is 0. The number of anilines is 1. The maximum Gasteiger partial charge on any atom is 0.251 e. The van der Waals surface area contributed by atoms with E-state index in [-0.39, 0.29) is 5.91 Å². The van der Waals surface area contributed by atoms with Crippen LogP contribution in [0.15, 0.2) is 0 Å². The van der Waals surface area contributed by atoms with Crippen molar-refractivity contribution in [2.24, 2.45) is 5.73 Å². The molecule has 0 aliphatic heterocycles. The molecule has 4 nitrogen and oxygen atoms in total. The highest BCUT2D eigenvalue weighted by Crippen LogP contribution is 2.38. The van der Waals surface area contributed by atoms with Gasteiger partial charge >= 0.3 is 0 Å². The van der Waals surface area contributed by atoms with Gasteiger partial charge in [-0.3, -0.25) is 4.79 Å². The lowest BCUT2D eigenvalue weighted by Gasteiger charge is -2.28. The van der Waals surface area contributed by atoms with Crippen LogP contribution in [0, 0.1) is 0 Å². The van der Waals surface area contributed by atoms with Gasteiger partial charge in [0.05, 0.1) is 5.56 Å². The first-order chi connectivity index (χ1) is 8.04. The van der Waals surface area contributed by atoms with E-state index in [1.165, 1.54) is 10.4 Å². The third kappa shape index (κ3) is 2.17. The number of primary amides is 1. The van der Waals surface area contributed by atoms with Gasteiger partial charge in [0.1, 0.15) is 5.00 Å². The van der Waals surface area contributed by atoms with Crippen molar-refractivity contribution < 1.29 is 4.79 Å². The number of hydrogen-bond acceptors (Lipinski definition) is 4. The Hall–Kier alpha value is -1.07. The smallest absolute Gasteiger partial charge is 0.251 e. The molecule has 0 radical (unpaired) electrons. The van der Waals surface area contributed by atoms with Gasteiger partial charge in [0, 0.05) is 18.0 Å². The highest BCUT2D eigenvalue weighted by atomic mass is 32.1. The number of carbonyl (C=O) groups is 1. The highest BCUT2D eigenvalue weighted by Gasteiger charge is 2.28. The van der Waals surface area contributed by atoms with Crippen LogP contribution in [0.2, 0.25) is 0 Å². The lowest BCUT2D eigenvalue weighted by atomic mass is 9.91. The molecule has 1 unspecified atom stereocenters. The first kappa shape index (κ1) is 12.4. The molecule has 0 bridgehead atoms. The zero-order valence-corrected chi connectivity index (χ0v) is 11.4. The molecule has 94 valence electrons. The van der Waals surface area contributed by atoms with Crippen molar-refractivity contribution in [3.8, 4) is 0 Å². The first-order valence-electron chi connectivity index (χ1n) is 5.83. The molecule has 1 aromatic rings. The van der Waals surface area contributed by atoms with Gasteiger partial charge < -0.3 is 16.0 Å². The molecule has 3 N–H and O–H groups in total. The van der Waals surface area contributed by atoms with Crippen LogP contribution in [0.3, 0.4) is 0 Å². The molecular formula is C12H19N3OS. The highest BCUT2D eigenvalue weighted by molar-refractivity contribution is 7.16. The summed E-state index contributed by atoms with van der Waals surface area (Å²) >= 11 is 1.67. The van der Waals surface area contributed by atoms with Crippen LogP contribution in [-0.4, -0.2) is 38.0 Å². The summed E-state index contributed by atoms with van der Waals surface area (Å²) in [6.07, 6.45) is 3.07. The fourth-order valence-electron chi connectivity index (χ4n) is 2.45. The lowest BCUT2D eigenvalue weighted by Crippen LogP contribution is -2.33. The second-order valence-electron chi connectivity index (χ2n) is 4.68. The Balaban J connectivity index is 2.38. The second kappa shape index (κ2) is 4.66. The van der Waals surface area contributed by atoms with Crippen LogP contribution in [-0.2, 0) is 12.8 Å². The molecule has 1 aromatic heterocycles. The molecule has 0 saturated heterocycles. The number of rotatable bonds is 3. The summed E-state index contributed by atoms with van der Waals surface area (Å²) in [5.74, 6) is -0.310. The van der Waals surface area contributed by atoms with Gasteiger partial charge in [-0.05, 0) is 38.9 Å². The zero-order valence-electron chi connectivity index (χ0n) is 10.5. The van der Waals surface area contributed by atoms with E-state index in [2.05, 4.69) is 24.3 Å². The van der Waals surface area contributed by atoms with Crippen molar-refractivity contribution in [2.45, 2.75) is 25.3 Å². The van der Waals surface area contributed by atoms with E-state index in [0.717, 1.165) is 24.3 Å². The molecule has 0 aromatic carbocycles. The van der Waals surface area contributed by atoms with Crippen molar-refractivity contribution >= 4 is 22.2 Å². The average Bonchev–Trinajstić information content (AvgIpc) is 2.65. The SMILES string of the molecule is CNc1sc2c(c1C(N)=O)CCC(N(C)C)C2. The minimum Gasteiger partial charge on any atom is -0.379 e.